The highest BCUT2D eigenvalue weighted by atomic mass is 32.1. The number of nitrogens with zero attached hydrogens (tertiary/aromatic N) is 1. The van der Waals surface area contributed by atoms with Crippen LogP contribution in [0.3, 0.4) is 0 Å². The summed E-state index contributed by atoms with van der Waals surface area (Å²) in [4.78, 5) is 26.6. The van der Waals surface area contributed by atoms with E-state index in [1.807, 2.05) is 0 Å². The van der Waals surface area contributed by atoms with Crippen LogP contribution in [-0.4, -0.2) is 31.1 Å². The van der Waals surface area contributed by atoms with Crippen LogP contribution in [0.4, 0.5) is 5.69 Å². The Morgan fingerprint density at radius 2 is 1.58 bits per heavy atom. The number of methoxy groups -OCH3 is 2. The maximum atomic E-state index is 13.0. The first kappa shape index (κ1) is 17.6. The van der Waals surface area contributed by atoms with Crippen molar-refractivity contribution in [1.82, 2.24) is 5.32 Å². The van der Waals surface area contributed by atoms with E-state index >= 15 is 0 Å². The molecule has 2 aromatic carbocycles. The predicted octanol–water partition coefficient (Wildman–Crippen LogP) is 2.54. The van der Waals surface area contributed by atoms with Crippen LogP contribution in [0.1, 0.15) is 5.56 Å². The Hall–Kier alpha value is -3.19. The predicted molar refractivity (Wildman–Crippen MR) is 102 cm³/mol. The average Bonchev–Trinajstić information content (AvgIpc) is 2.65. The van der Waals surface area contributed by atoms with E-state index < -0.39 is 11.8 Å². The quantitative estimate of drug-likeness (QED) is 0.510. The molecular weight excluding hydrogens is 352 g/mol. The normalized spacial score (nSPS) is 15.8. The lowest BCUT2D eigenvalue weighted by atomic mass is 10.1. The summed E-state index contributed by atoms with van der Waals surface area (Å²) in [6, 6.07) is 14.1. The maximum absolute atomic E-state index is 13.0. The number of hydrogen-bond acceptors (Lipinski definition) is 5. The van der Waals surface area contributed by atoms with E-state index in [1.165, 1.54) is 25.2 Å². The second kappa shape index (κ2) is 7.37. The van der Waals surface area contributed by atoms with Crippen LogP contribution in [0.5, 0.6) is 11.5 Å². The van der Waals surface area contributed by atoms with Gasteiger partial charge in [0.1, 0.15) is 17.1 Å². The molecular formula is C19H16N2O4S. The molecule has 0 spiro atoms. The molecule has 0 unspecified atom stereocenters. The number of ether oxygens (including phenoxy) is 2. The number of amides is 2. The minimum atomic E-state index is -0.558. The molecule has 1 heterocycles. The highest BCUT2D eigenvalue weighted by molar-refractivity contribution is 7.80. The number of thiocarbonyl (C=S) groups is 1. The van der Waals surface area contributed by atoms with Crippen LogP contribution in [-0.2, 0) is 9.59 Å². The van der Waals surface area contributed by atoms with E-state index in [4.69, 9.17) is 21.7 Å². The summed E-state index contributed by atoms with van der Waals surface area (Å²) >= 11 is 5.20. The van der Waals surface area contributed by atoms with Gasteiger partial charge in [0.15, 0.2) is 5.11 Å². The van der Waals surface area contributed by atoms with Crippen molar-refractivity contribution in [2.45, 2.75) is 0 Å². The zero-order valence-electron chi connectivity index (χ0n) is 14.2. The first-order chi connectivity index (χ1) is 12.6. The van der Waals surface area contributed by atoms with Crippen LogP contribution < -0.4 is 19.7 Å². The summed E-state index contributed by atoms with van der Waals surface area (Å²) in [5.74, 6) is -0.0696. The smallest absolute Gasteiger partial charge is 0.270 e. The third-order valence-electron chi connectivity index (χ3n) is 3.87. The fourth-order valence-corrected chi connectivity index (χ4v) is 2.91. The van der Waals surface area contributed by atoms with E-state index in [1.54, 1.807) is 48.5 Å². The number of nitrogens with one attached hydrogen (secondary N) is 1. The Bertz CT molecular complexity index is 923. The van der Waals surface area contributed by atoms with E-state index in [0.717, 1.165) is 0 Å². The van der Waals surface area contributed by atoms with Crippen molar-refractivity contribution in [3.8, 4) is 11.5 Å². The van der Waals surface area contributed by atoms with Gasteiger partial charge in [0.2, 0.25) is 0 Å². The van der Waals surface area contributed by atoms with Gasteiger partial charge >= 0.3 is 0 Å². The molecule has 1 N–H and O–H groups in total. The summed E-state index contributed by atoms with van der Waals surface area (Å²) in [5, 5.41) is 2.55. The van der Waals surface area contributed by atoms with E-state index in [9.17, 15) is 9.59 Å². The summed E-state index contributed by atoms with van der Waals surface area (Å²) in [6.45, 7) is 0. The van der Waals surface area contributed by atoms with Gasteiger partial charge in [-0.25, -0.2) is 4.90 Å². The van der Waals surface area contributed by atoms with Gasteiger partial charge in [-0.2, -0.15) is 0 Å². The molecule has 1 aliphatic rings. The van der Waals surface area contributed by atoms with Crippen LogP contribution >= 0.6 is 12.2 Å². The zero-order chi connectivity index (χ0) is 18.7. The largest absolute Gasteiger partial charge is 0.496 e. The summed E-state index contributed by atoms with van der Waals surface area (Å²) < 4.78 is 10.6. The molecule has 26 heavy (non-hydrogen) atoms. The molecule has 2 amide bonds. The third-order valence-corrected chi connectivity index (χ3v) is 4.15. The molecule has 3 rings (SSSR count). The van der Waals surface area contributed by atoms with Crippen molar-refractivity contribution < 1.29 is 19.1 Å². The van der Waals surface area contributed by atoms with Gasteiger partial charge in [-0.3, -0.25) is 14.9 Å². The molecule has 0 atom stereocenters. The van der Waals surface area contributed by atoms with Crippen LogP contribution in [0.25, 0.3) is 6.08 Å². The van der Waals surface area contributed by atoms with Gasteiger partial charge in [0.25, 0.3) is 11.8 Å². The van der Waals surface area contributed by atoms with Crippen molar-refractivity contribution in [2.24, 2.45) is 0 Å². The number of hydrogen-bond donors (Lipinski definition) is 1. The lowest BCUT2D eigenvalue weighted by Crippen LogP contribution is -2.54. The fraction of sp³-hybridized carbons (Fsp3) is 0.105. The lowest BCUT2D eigenvalue weighted by molar-refractivity contribution is -0.122. The number of benzene rings is 2. The van der Waals surface area contributed by atoms with Crippen molar-refractivity contribution in [3.05, 3.63) is 59.7 Å². The first-order valence-electron chi connectivity index (χ1n) is 7.74. The SMILES string of the molecule is COc1ccccc1/C=C1/C(=O)NC(=S)N(c2ccccc2OC)C1=O. The Morgan fingerprint density at radius 3 is 2.27 bits per heavy atom. The molecule has 0 saturated carbocycles. The molecule has 0 aliphatic carbocycles. The summed E-state index contributed by atoms with van der Waals surface area (Å²) in [6.07, 6.45) is 1.49. The second-order valence-corrected chi connectivity index (χ2v) is 5.76. The van der Waals surface area contributed by atoms with Gasteiger partial charge < -0.3 is 9.47 Å². The van der Waals surface area contributed by atoms with Crippen LogP contribution in [0.2, 0.25) is 0 Å². The Kier molecular flexibility index (Phi) is 4.99. The van der Waals surface area contributed by atoms with Crippen molar-refractivity contribution in [3.63, 3.8) is 0 Å². The Balaban J connectivity index is 2.08. The van der Waals surface area contributed by atoms with Crippen molar-refractivity contribution in [1.29, 1.82) is 0 Å². The van der Waals surface area contributed by atoms with Crippen LogP contribution in [0.15, 0.2) is 54.1 Å². The molecule has 6 nitrogen and oxygen atoms in total. The lowest BCUT2D eigenvalue weighted by Gasteiger charge is -2.29. The average molecular weight is 368 g/mol. The fourth-order valence-electron chi connectivity index (χ4n) is 2.63. The number of rotatable bonds is 4. The van der Waals surface area contributed by atoms with E-state index in [0.29, 0.717) is 22.7 Å². The Labute approximate surface area is 156 Å². The molecule has 0 aromatic heterocycles. The first-order valence-corrected chi connectivity index (χ1v) is 8.15. The number of carbonyl (C=O) groups excluding carboxylic acids is 2. The standard InChI is InChI=1S/C19H16N2O4S/c1-24-15-9-5-3-7-12(15)11-13-17(22)20-19(26)21(18(13)23)14-8-4-6-10-16(14)25-2/h3-11H,1-2H3,(H,20,22,26)/b13-11-. The van der Waals surface area contributed by atoms with Gasteiger partial charge in [0.05, 0.1) is 19.9 Å². The maximum Gasteiger partial charge on any atom is 0.270 e. The molecule has 0 radical (unpaired) electrons. The highest BCUT2D eigenvalue weighted by Gasteiger charge is 2.35. The van der Waals surface area contributed by atoms with Gasteiger partial charge in [0, 0.05) is 5.56 Å². The summed E-state index contributed by atoms with van der Waals surface area (Å²) in [5.41, 5.74) is 1.02. The van der Waals surface area contributed by atoms with Crippen LogP contribution in [0, 0.1) is 0 Å². The zero-order valence-corrected chi connectivity index (χ0v) is 15.0. The third kappa shape index (κ3) is 3.16. The molecule has 1 aliphatic heterocycles. The molecule has 1 saturated heterocycles. The monoisotopic (exact) mass is 368 g/mol. The van der Waals surface area contributed by atoms with Gasteiger partial charge in [-0.1, -0.05) is 30.3 Å². The van der Waals surface area contributed by atoms with E-state index in [2.05, 4.69) is 5.32 Å². The number of carbonyl (C=O) groups is 2. The van der Waals surface area contributed by atoms with Gasteiger partial charge in [-0.15, -0.1) is 0 Å². The minimum absolute atomic E-state index is 0.00155. The minimum Gasteiger partial charge on any atom is -0.496 e. The molecule has 1 fully saturated rings. The number of anilines is 1. The second-order valence-electron chi connectivity index (χ2n) is 5.37. The Morgan fingerprint density at radius 1 is 0.962 bits per heavy atom. The molecule has 0 bridgehead atoms. The highest BCUT2D eigenvalue weighted by Crippen LogP contribution is 2.31. The topological polar surface area (TPSA) is 67.9 Å². The molecule has 132 valence electrons. The van der Waals surface area contributed by atoms with E-state index in [-0.39, 0.29) is 10.7 Å². The molecule has 7 heteroatoms. The van der Waals surface area contributed by atoms with Crippen molar-refractivity contribution in [2.75, 3.05) is 19.1 Å². The number of para-hydroxylation sites is 3. The summed E-state index contributed by atoms with van der Waals surface area (Å²) in [7, 11) is 3.02. The van der Waals surface area contributed by atoms with Gasteiger partial charge in [-0.05, 0) is 36.5 Å². The molecule has 2 aromatic rings. The van der Waals surface area contributed by atoms with Crippen molar-refractivity contribution >= 4 is 40.9 Å².